The lowest BCUT2D eigenvalue weighted by molar-refractivity contribution is 0.778. The summed E-state index contributed by atoms with van der Waals surface area (Å²) < 4.78 is 0. The van der Waals surface area contributed by atoms with Crippen LogP contribution in [0.25, 0.3) is 0 Å². The maximum absolute atomic E-state index is 5.95. The molecule has 0 saturated carbocycles. The van der Waals surface area contributed by atoms with E-state index < -0.39 is 0 Å². The van der Waals surface area contributed by atoms with Gasteiger partial charge < -0.3 is 10.6 Å². The van der Waals surface area contributed by atoms with Crippen molar-refractivity contribution < 1.29 is 0 Å². The molecule has 0 aliphatic heterocycles. The van der Waals surface area contributed by atoms with Crippen molar-refractivity contribution in [3.63, 3.8) is 0 Å². The molecule has 0 spiro atoms. The maximum Gasteiger partial charge on any atom is 0.133 e. The minimum Gasteiger partial charge on any atom is -0.351 e. The fraction of sp³-hybridized carbons (Fsp3) is 0.412. The highest BCUT2D eigenvalue weighted by atomic mass is 15.2. The Balaban J connectivity index is 1.93. The van der Waals surface area contributed by atoms with Gasteiger partial charge in [0.05, 0.1) is 12.2 Å². The average molecular weight is 282 g/mol. The Bertz CT molecular complexity index is 610. The van der Waals surface area contributed by atoms with Crippen LogP contribution in [0.2, 0.25) is 0 Å². The Hall–Kier alpha value is -1.94. The van der Waals surface area contributed by atoms with Crippen molar-refractivity contribution in [3.05, 3.63) is 53.0 Å². The summed E-state index contributed by atoms with van der Waals surface area (Å²) in [5.41, 5.74) is 10.8. The monoisotopic (exact) mass is 282 g/mol. The van der Waals surface area contributed by atoms with Crippen molar-refractivity contribution in [2.75, 3.05) is 11.4 Å². The van der Waals surface area contributed by atoms with Gasteiger partial charge in [0.15, 0.2) is 0 Å². The van der Waals surface area contributed by atoms with Crippen LogP contribution in [-0.4, -0.2) is 16.5 Å². The lowest BCUT2D eigenvalue weighted by atomic mass is 10.1. The second-order valence-corrected chi connectivity index (χ2v) is 5.47. The molecule has 0 fully saturated rings. The van der Waals surface area contributed by atoms with Crippen LogP contribution in [0, 0.1) is 0 Å². The topological polar surface area (TPSA) is 55.0 Å². The molecule has 2 heterocycles. The van der Waals surface area contributed by atoms with Crippen molar-refractivity contribution in [2.24, 2.45) is 5.73 Å². The quantitative estimate of drug-likeness (QED) is 0.915. The third-order valence-electron chi connectivity index (χ3n) is 4.09. The summed E-state index contributed by atoms with van der Waals surface area (Å²) in [6, 6.07) is 8.28. The van der Waals surface area contributed by atoms with Crippen molar-refractivity contribution >= 4 is 5.82 Å². The van der Waals surface area contributed by atoms with E-state index in [4.69, 9.17) is 10.7 Å². The second kappa shape index (κ2) is 6.22. The molecule has 4 heteroatoms. The highest BCUT2D eigenvalue weighted by molar-refractivity contribution is 5.51. The number of pyridine rings is 2. The molecular formula is C17H22N4. The molecule has 21 heavy (non-hydrogen) atoms. The first-order valence-corrected chi connectivity index (χ1v) is 7.68. The highest BCUT2D eigenvalue weighted by Crippen LogP contribution is 2.27. The van der Waals surface area contributed by atoms with Crippen LogP contribution in [0.1, 0.15) is 35.9 Å². The van der Waals surface area contributed by atoms with Gasteiger partial charge in [0.1, 0.15) is 5.82 Å². The summed E-state index contributed by atoms with van der Waals surface area (Å²) in [7, 11) is 0. The van der Waals surface area contributed by atoms with Crippen LogP contribution >= 0.6 is 0 Å². The Kier molecular flexibility index (Phi) is 4.15. The zero-order chi connectivity index (χ0) is 14.7. The zero-order valence-electron chi connectivity index (χ0n) is 12.5. The van der Waals surface area contributed by atoms with Gasteiger partial charge in [-0.25, -0.2) is 4.98 Å². The summed E-state index contributed by atoms with van der Waals surface area (Å²) in [4.78, 5) is 11.6. The summed E-state index contributed by atoms with van der Waals surface area (Å²) in [6.07, 6.45) is 5.28. The molecule has 2 N–H and O–H groups in total. The number of rotatable bonds is 5. The molecule has 3 rings (SSSR count). The van der Waals surface area contributed by atoms with Gasteiger partial charge in [0.25, 0.3) is 0 Å². The van der Waals surface area contributed by atoms with E-state index >= 15 is 0 Å². The third-order valence-corrected chi connectivity index (χ3v) is 4.09. The van der Waals surface area contributed by atoms with Crippen LogP contribution in [0.15, 0.2) is 30.5 Å². The number of hydrogen-bond acceptors (Lipinski definition) is 4. The molecule has 0 saturated heterocycles. The van der Waals surface area contributed by atoms with Crippen molar-refractivity contribution in [3.8, 4) is 0 Å². The Morgan fingerprint density at radius 2 is 2.19 bits per heavy atom. The molecule has 110 valence electrons. The molecule has 0 unspecified atom stereocenters. The average Bonchev–Trinajstić information content (AvgIpc) is 2.99. The van der Waals surface area contributed by atoms with Gasteiger partial charge in [-0.05, 0) is 49.9 Å². The number of anilines is 1. The van der Waals surface area contributed by atoms with Gasteiger partial charge in [0, 0.05) is 30.5 Å². The van der Waals surface area contributed by atoms with Gasteiger partial charge in [-0.3, -0.25) is 4.98 Å². The lowest BCUT2D eigenvalue weighted by Crippen LogP contribution is -2.26. The normalized spacial score (nSPS) is 13.2. The number of nitrogens with zero attached hydrogens (tertiary/aromatic N) is 3. The molecule has 2 aromatic rings. The van der Waals surface area contributed by atoms with Gasteiger partial charge in [0.2, 0.25) is 0 Å². The van der Waals surface area contributed by atoms with Crippen LogP contribution in [0.3, 0.4) is 0 Å². The van der Waals surface area contributed by atoms with Crippen molar-refractivity contribution in [1.82, 2.24) is 9.97 Å². The van der Waals surface area contributed by atoms with E-state index in [0.29, 0.717) is 6.54 Å². The second-order valence-electron chi connectivity index (χ2n) is 5.47. The standard InChI is InChI=1S/C17H22N4/c1-2-21(12-15-7-3-4-9-19-15)17-14(11-18)10-13-6-5-8-16(13)20-17/h3-4,7,9-10H,2,5-6,8,11-12,18H2,1H3. The van der Waals surface area contributed by atoms with E-state index in [1.54, 1.807) is 0 Å². The van der Waals surface area contributed by atoms with Crippen molar-refractivity contribution in [2.45, 2.75) is 39.3 Å². The predicted molar refractivity (Wildman–Crippen MR) is 85.1 cm³/mol. The van der Waals surface area contributed by atoms with Gasteiger partial charge in [-0.15, -0.1) is 0 Å². The maximum atomic E-state index is 5.95. The first-order chi connectivity index (χ1) is 10.3. The van der Waals surface area contributed by atoms with Gasteiger partial charge in [-0.2, -0.15) is 0 Å². The van der Waals surface area contributed by atoms with Crippen LogP contribution in [0.4, 0.5) is 5.82 Å². The number of fused-ring (bicyclic) bond motifs is 1. The molecule has 2 aromatic heterocycles. The summed E-state index contributed by atoms with van der Waals surface area (Å²) >= 11 is 0. The fourth-order valence-corrected chi connectivity index (χ4v) is 2.96. The summed E-state index contributed by atoms with van der Waals surface area (Å²) in [5.74, 6) is 1.03. The summed E-state index contributed by atoms with van der Waals surface area (Å²) in [5, 5.41) is 0. The molecule has 0 aromatic carbocycles. The van der Waals surface area contributed by atoms with Crippen LogP contribution in [0.5, 0.6) is 0 Å². The van der Waals surface area contributed by atoms with E-state index in [9.17, 15) is 0 Å². The van der Waals surface area contributed by atoms with Crippen molar-refractivity contribution in [1.29, 1.82) is 0 Å². The molecule has 0 bridgehead atoms. The van der Waals surface area contributed by atoms with E-state index in [-0.39, 0.29) is 0 Å². The lowest BCUT2D eigenvalue weighted by Gasteiger charge is -2.25. The van der Waals surface area contributed by atoms with E-state index in [0.717, 1.165) is 43.0 Å². The largest absolute Gasteiger partial charge is 0.351 e. The highest BCUT2D eigenvalue weighted by Gasteiger charge is 2.19. The van der Waals surface area contributed by atoms with Crippen LogP contribution < -0.4 is 10.6 Å². The number of aryl methyl sites for hydroxylation is 2. The first-order valence-electron chi connectivity index (χ1n) is 7.68. The molecule has 4 nitrogen and oxygen atoms in total. The third kappa shape index (κ3) is 2.90. The molecule has 0 amide bonds. The number of nitrogens with two attached hydrogens (primary N) is 1. The number of aromatic nitrogens is 2. The number of hydrogen-bond donors (Lipinski definition) is 1. The van der Waals surface area contributed by atoms with Gasteiger partial charge in [-0.1, -0.05) is 6.07 Å². The predicted octanol–water partition coefficient (Wildman–Crippen LogP) is 2.45. The van der Waals surface area contributed by atoms with E-state index in [1.807, 2.05) is 18.3 Å². The van der Waals surface area contributed by atoms with Gasteiger partial charge >= 0.3 is 0 Å². The minimum absolute atomic E-state index is 0.536. The Morgan fingerprint density at radius 3 is 2.90 bits per heavy atom. The molecule has 0 radical (unpaired) electrons. The molecule has 1 aliphatic rings. The zero-order valence-corrected chi connectivity index (χ0v) is 12.5. The first kappa shape index (κ1) is 14.0. The summed E-state index contributed by atoms with van der Waals surface area (Å²) in [6.45, 7) is 4.36. The fourth-order valence-electron chi connectivity index (χ4n) is 2.96. The molecule has 0 atom stereocenters. The van der Waals surface area contributed by atoms with E-state index in [1.165, 1.54) is 17.7 Å². The minimum atomic E-state index is 0.536. The molecule has 1 aliphatic carbocycles. The smallest absolute Gasteiger partial charge is 0.133 e. The Labute approximate surface area is 126 Å². The molecular weight excluding hydrogens is 260 g/mol. The van der Waals surface area contributed by atoms with E-state index in [2.05, 4.69) is 28.9 Å². The Morgan fingerprint density at radius 1 is 1.29 bits per heavy atom. The SMILES string of the molecule is CCN(Cc1ccccn1)c1nc2c(cc1CN)CCC2. The van der Waals surface area contributed by atoms with Crippen LogP contribution in [-0.2, 0) is 25.9 Å².